The summed E-state index contributed by atoms with van der Waals surface area (Å²) in [6.45, 7) is 0. The van der Waals surface area contributed by atoms with Crippen molar-refractivity contribution >= 4 is 0 Å². The van der Waals surface area contributed by atoms with Gasteiger partial charge in [-0.15, -0.1) is 0 Å². The van der Waals surface area contributed by atoms with E-state index in [2.05, 4.69) is 12.1 Å². The van der Waals surface area contributed by atoms with E-state index in [1.54, 1.807) is 0 Å². The van der Waals surface area contributed by atoms with Crippen LogP contribution in [0.1, 0.15) is 0 Å². The minimum Gasteiger partial charge on any atom is -0.184 e. The van der Waals surface area contributed by atoms with Gasteiger partial charge in [0.2, 0.25) is 0 Å². The van der Waals surface area contributed by atoms with E-state index in [1.807, 2.05) is 60.7 Å². The maximum absolute atomic E-state index is 2.89. The molecule has 0 saturated heterocycles. The van der Waals surface area contributed by atoms with E-state index in [0.29, 0.717) is 0 Å². The average molecular weight is 262 g/mol. The van der Waals surface area contributed by atoms with Crippen molar-refractivity contribution in [3.05, 3.63) is 72.8 Å². The van der Waals surface area contributed by atoms with Crippen molar-refractivity contribution in [3.8, 4) is 0 Å². The summed E-state index contributed by atoms with van der Waals surface area (Å²) in [5, 5.41) is 0. The van der Waals surface area contributed by atoms with Crippen molar-refractivity contribution in [3.63, 3.8) is 0 Å². The predicted octanol–water partition coefficient (Wildman–Crippen LogP) is 2.97. The van der Waals surface area contributed by atoms with Crippen molar-refractivity contribution in [2.75, 3.05) is 0 Å². The Hall–Kier alpha value is -0.820. The maximum Gasteiger partial charge on any atom is 0 e. The van der Waals surface area contributed by atoms with Crippen LogP contribution in [0.15, 0.2) is 60.7 Å². The molecule has 2 rings (SSSR count). The summed E-state index contributed by atoms with van der Waals surface area (Å²) in [6.07, 6.45) is 0. The van der Waals surface area contributed by atoms with Crippen molar-refractivity contribution in [1.82, 2.24) is 0 Å². The third-order valence-electron chi connectivity index (χ3n) is 1.21. The number of hydrogen-bond acceptors (Lipinski definition) is 0. The molecule has 0 aliphatic carbocycles. The molecule has 0 fully saturated rings. The molecule has 0 heterocycles. The Balaban J connectivity index is 0.000000206. The molecule has 0 spiro atoms. The molecule has 2 aromatic carbocycles. The first kappa shape index (κ1) is 12.2. The molecular formula is C12H10Ag-2. The molecule has 71 valence electrons. The second kappa shape index (κ2) is 9.27. The van der Waals surface area contributed by atoms with Crippen molar-refractivity contribution in [2.24, 2.45) is 0 Å². The molecule has 0 saturated carbocycles. The Kier molecular flexibility index (Phi) is 8.69. The molecule has 0 atom stereocenters. The van der Waals surface area contributed by atoms with Crippen LogP contribution in [0.25, 0.3) is 0 Å². The van der Waals surface area contributed by atoms with Crippen LogP contribution < -0.4 is 0 Å². The first-order valence-corrected chi connectivity index (χ1v) is 3.82. The van der Waals surface area contributed by atoms with Gasteiger partial charge in [0.15, 0.2) is 0 Å². The van der Waals surface area contributed by atoms with Crippen LogP contribution in [0.2, 0.25) is 0 Å². The molecule has 13 heavy (non-hydrogen) atoms. The van der Waals surface area contributed by atoms with Gasteiger partial charge in [0.1, 0.15) is 0 Å². The zero-order chi connectivity index (χ0) is 8.49. The van der Waals surface area contributed by atoms with E-state index in [0.717, 1.165) is 0 Å². The Morgan fingerprint density at radius 2 is 0.769 bits per heavy atom. The fourth-order valence-electron chi connectivity index (χ4n) is 0.684. The molecule has 0 unspecified atom stereocenters. The topological polar surface area (TPSA) is 0 Å². The smallest absolute Gasteiger partial charge is 0 e. The van der Waals surface area contributed by atoms with Crippen LogP contribution in [-0.2, 0) is 22.4 Å². The third-order valence-corrected chi connectivity index (χ3v) is 1.21. The Bertz CT molecular complexity index is 181. The van der Waals surface area contributed by atoms with E-state index in [9.17, 15) is 0 Å². The molecule has 0 aromatic heterocycles. The molecule has 2 aromatic rings. The van der Waals surface area contributed by atoms with Crippen LogP contribution in [-0.4, -0.2) is 0 Å². The second-order valence-corrected chi connectivity index (χ2v) is 2.15. The first-order valence-electron chi connectivity index (χ1n) is 3.82. The largest absolute Gasteiger partial charge is 0.184 e. The molecule has 0 amide bonds. The van der Waals surface area contributed by atoms with E-state index in [1.165, 1.54) is 0 Å². The van der Waals surface area contributed by atoms with E-state index >= 15 is 0 Å². The van der Waals surface area contributed by atoms with Gasteiger partial charge in [0.05, 0.1) is 0 Å². The van der Waals surface area contributed by atoms with Crippen LogP contribution in [0, 0.1) is 12.1 Å². The molecule has 1 radical (unpaired) electrons. The zero-order valence-corrected chi connectivity index (χ0v) is 8.56. The van der Waals surface area contributed by atoms with Gasteiger partial charge in [-0.25, -0.2) is 0 Å². The summed E-state index contributed by atoms with van der Waals surface area (Å²) < 4.78 is 0. The summed E-state index contributed by atoms with van der Waals surface area (Å²) in [4.78, 5) is 0. The monoisotopic (exact) mass is 261 g/mol. The minimum atomic E-state index is 0. The molecule has 0 N–H and O–H groups in total. The van der Waals surface area contributed by atoms with Crippen molar-refractivity contribution in [2.45, 2.75) is 0 Å². The number of hydrogen-bond donors (Lipinski definition) is 0. The predicted molar refractivity (Wildman–Crippen MR) is 50.6 cm³/mol. The molecular weight excluding hydrogens is 252 g/mol. The summed E-state index contributed by atoms with van der Waals surface area (Å²) in [5.41, 5.74) is 0. The maximum atomic E-state index is 2.89. The summed E-state index contributed by atoms with van der Waals surface area (Å²) in [7, 11) is 0. The molecule has 1 heteroatoms. The Labute approximate surface area is 95.1 Å². The normalized spacial score (nSPS) is 7.38. The SMILES string of the molecule is [Ag].[c-]1ccccc1.[c-]1ccccc1. The number of benzene rings is 2. The van der Waals surface area contributed by atoms with Gasteiger partial charge < -0.3 is 0 Å². The van der Waals surface area contributed by atoms with Gasteiger partial charge in [-0.3, -0.25) is 0 Å². The van der Waals surface area contributed by atoms with E-state index < -0.39 is 0 Å². The van der Waals surface area contributed by atoms with Crippen LogP contribution in [0.4, 0.5) is 0 Å². The standard InChI is InChI=1S/2C6H5.Ag/c2*1-2-4-6-5-3-1;/h2*1-5H;/q2*-1;. The van der Waals surface area contributed by atoms with Crippen LogP contribution >= 0.6 is 0 Å². The van der Waals surface area contributed by atoms with E-state index in [-0.39, 0.29) is 22.4 Å². The van der Waals surface area contributed by atoms with Gasteiger partial charge in [0, 0.05) is 22.4 Å². The minimum absolute atomic E-state index is 0. The van der Waals surface area contributed by atoms with Crippen LogP contribution in [0.3, 0.4) is 0 Å². The molecule has 0 bridgehead atoms. The van der Waals surface area contributed by atoms with E-state index in [4.69, 9.17) is 0 Å². The number of rotatable bonds is 0. The first-order chi connectivity index (χ1) is 6.00. The fraction of sp³-hybridized carbons (Fsp3) is 0. The second-order valence-electron chi connectivity index (χ2n) is 2.15. The van der Waals surface area contributed by atoms with Crippen LogP contribution in [0.5, 0.6) is 0 Å². The molecule has 0 aliphatic heterocycles. The quantitative estimate of drug-likeness (QED) is 0.505. The third kappa shape index (κ3) is 7.54. The Morgan fingerprint density at radius 3 is 0.846 bits per heavy atom. The summed E-state index contributed by atoms with van der Waals surface area (Å²) in [6, 6.07) is 25.0. The van der Waals surface area contributed by atoms with Crippen molar-refractivity contribution < 1.29 is 22.4 Å². The zero-order valence-electron chi connectivity index (χ0n) is 7.08. The Morgan fingerprint density at radius 1 is 0.462 bits per heavy atom. The molecule has 0 aliphatic rings. The molecule has 0 nitrogen and oxygen atoms in total. The van der Waals surface area contributed by atoms with Gasteiger partial charge >= 0.3 is 0 Å². The van der Waals surface area contributed by atoms with Gasteiger partial charge in [-0.05, 0) is 0 Å². The average Bonchev–Trinajstić information content (AvgIpc) is 2.24. The van der Waals surface area contributed by atoms with Gasteiger partial charge in [0.25, 0.3) is 0 Å². The van der Waals surface area contributed by atoms with Crippen molar-refractivity contribution in [1.29, 1.82) is 0 Å². The van der Waals surface area contributed by atoms with Gasteiger partial charge in [-0.1, -0.05) is 0 Å². The summed E-state index contributed by atoms with van der Waals surface area (Å²) in [5.74, 6) is 0. The fourth-order valence-corrected chi connectivity index (χ4v) is 0.684. The van der Waals surface area contributed by atoms with Gasteiger partial charge in [-0.2, -0.15) is 72.8 Å². The summed E-state index contributed by atoms with van der Waals surface area (Å²) >= 11 is 0.